The number of hydrogen-bond donors (Lipinski definition) is 0. The Morgan fingerprint density at radius 1 is 0.919 bits per heavy atom. The lowest BCUT2D eigenvalue weighted by molar-refractivity contribution is -0.154. The van der Waals surface area contributed by atoms with E-state index in [0.717, 1.165) is 17.2 Å². The fourth-order valence-electron chi connectivity index (χ4n) is 3.43. The summed E-state index contributed by atoms with van der Waals surface area (Å²) in [5.74, 6) is -2.97. The van der Waals surface area contributed by atoms with Gasteiger partial charge in [-0.2, -0.15) is 13.2 Å². The summed E-state index contributed by atoms with van der Waals surface area (Å²) in [7, 11) is 0. The van der Waals surface area contributed by atoms with Gasteiger partial charge in [-0.15, -0.1) is 0 Å². The van der Waals surface area contributed by atoms with E-state index in [2.05, 4.69) is 0 Å². The number of rotatable bonds is 8. The highest BCUT2D eigenvalue weighted by molar-refractivity contribution is 5.80. The standard InChI is InChI=1S/C28H23F3O6/c1-17(2)15-35-24(32)16-34-21-12-13-22-23(14-21)37-27(28(29,30)31)26(25(22)33)36-20-10-8-19(9-11-20)18-6-4-3-5-7-18/h3-14,17H,15-16H2,1-2H3. The Morgan fingerprint density at radius 2 is 1.57 bits per heavy atom. The first-order valence-electron chi connectivity index (χ1n) is 11.4. The average molecular weight is 512 g/mol. The molecule has 4 rings (SSSR count). The SMILES string of the molecule is CC(C)COC(=O)COc1ccc2c(=O)c(Oc3ccc(-c4ccccc4)cc3)c(C(F)(F)F)oc2c1. The van der Waals surface area contributed by atoms with Crippen LogP contribution < -0.4 is 14.9 Å². The van der Waals surface area contributed by atoms with Crippen LogP contribution in [0.25, 0.3) is 22.1 Å². The summed E-state index contributed by atoms with van der Waals surface area (Å²) in [5.41, 5.74) is 0.386. The minimum absolute atomic E-state index is 0.0374. The van der Waals surface area contributed by atoms with Gasteiger partial charge in [0, 0.05) is 6.07 Å². The van der Waals surface area contributed by atoms with Crippen molar-refractivity contribution in [2.75, 3.05) is 13.2 Å². The molecule has 0 aliphatic rings. The smallest absolute Gasteiger partial charge is 0.453 e. The maximum atomic E-state index is 13.8. The molecule has 1 aromatic heterocycles. The fraction of sp³-hybridized carbons (Fsp3) is 0.214. The summed E-state index contributed by atoms with van der Waals surface area (Å²) < 4.78 is 62.3. The zero-order valence-electron chi connectivity index (χ0n) is 20.0. The predicted molar refractivity (Wildman–Crippen MR) is 131 cm³/mol. The number of carbonyl (C=O) groups excluding carboxylic acids is 1. The molecule has 4 aromatic rings. The van der Waals surface area contributed by atoms with Crippen LogP contribution in [0.1, 0.15) is 19.6 Å². The average Bonchev–Trinajstić information content (AvgIpc) is 2.88. The van der Waals surface area contributed by atoms with Gasteiger partial charge in [-0.25, -0.2) is 4.79 Å². The molecule has 0 N–H and O–H groups in total. The van der Waals surface area contributed by atoms with Crippen molar-refractivity contribution in [1.82, 2.24) is 0 Å². The first-order valence-corrected chi connectivity index (χ1v) is 11.4. The molecule has 0 saturated carbocycles. The summed E-state index contributed by atoms with van der Waals surface area (Å²) in [6.07, 6.45) is -5.01. The zero-order chi connectivity index (χ0) is 26.6. The Bertz CT molecular complexity index is 1440. The lowest BCUT2D eigenvalue weighted by Gasteiger charge is -2.14. The Hall–Kier alpha value is -4.27. The highest BCUT2D eigenvalue weighted by Gasteiger charge is 2.40. The van der Waals surface area contributed by atoms with E-state index in [9.17, 15) is 22.8 Å². The monoisotopic (exact) mass is 512 g/mol. The normalized spacial score (nSPS) is 11.5. The van der Waals surface area contributed by atoms with Crippen LogP contribution in [0.15, 0.2) is 82.0 Å². The van der Waals surface area contributed by atoms with E-state index in [0.29, 0.717) is 0 Å². The number of hydrogen-bond acceptors (Lipinski definition) is 6. The van der Waals surface area contributed by atoms with Crippen molar-refractivity contribution in [3.05, 3.63) is 88.8 Å². The van der Waals surface area contributed by atoms with E-state index < -0.39 is 35.7 Å². The van der Waals surface area contributed by atoms with Gasteiger partial charge < -0.3 is 18.6 Å². The van der Waals surface area contributed by atoms with Crippen LogP contribution in [-0.4, -0.2) is 19.2 Å². The molecular formula is C28H23F3O6. The third-order valence-electron chi connectivity index (χ3n) is 5.20. The van der Waals surface area contributed by atoms with Crippen LogP contribution in [0.5, 0.6) is 17.2 Å². The van der Waals surface area contributed by atoms with Gasteiger partial charge in [0.25, 0.3) is 5.76 Å². The van der Waals surface area contributed by atoms with Gasteiger partial charge in [0.15, 0.2) is 6.61 Å². The third-order valence-corrected chi connectivity index (χ3v) is 5.20. The highest BCUT2D eigenvalue weighted by Crippen LogP contribution is 2.39. The van der Waals surface area contributed by atoms with Crippen LogP contribution in [0, 0.1) is 5.92 Å². The molecular weight excluding hydrogens is 489 g/mol. The van der Waals surface area contributed by atoms with Crippen molar-refractivity contribution in [3.8, 4) is 28.4 Å². The summed E-state index contributed by atoms with van der Waals surface area (Å²) in [4.78, 5) is 24.8. The Kier molecular flexibility index (Phi) is 7.52. The molecule has 0 aliphatic carbocycles. The van der Waals surface area contributed by atoms with Crippen LogP contribution in [0.3, 0.4) is 0 Å². The maximum Gasteiger partial charge on any atom is 0.453 e. The quantitative estimate of drug-likeness (QED) is 0.241. The van der Waals surface area contributed by atoms with E-state index in [4.69, 9.17) is 18.6 Å². The molecule has 0 bridgehead atoms. The molecule has 37 heavy (non-hydrogen) atoms. The van der Waals surface area contributed by atoms with Crippen molar-refractivity contribution >= 4 is 16.9 Å². The number of halogens is 3. The minimum atomic E-state index is -5.01. The van der Waals surface area contributed by atoms with Crippen molar-refractivity contribution < 1.29 is 36.6 Å². The number of carbonyl (C=O) groups is 1. The number of alkyl halides is 3. The van der Waals surface area contributed by atoms with E-state index >= 15 is 0 Å². The lowest BCUT2D eigenvalue weighted by Crippen LogP contribution is -2.17. The van der Waals surface area contributed by atoms with Gasteiger partial charge in [-0.1, -0.05) is 56.3 Å². The summed E-state index contributed by atoms with van der Waals surface area (Å²) in [5, 5.41) is -0.140. The van der Waals surface area contributed by atoms with E-state index in [-0.39, 0.29) is 35.0 Å². The van der Waals surface area contributed by atoms with Crippen LogP contribution in [-0.2, 0) is 15.7 Å². The number of esters is 1. The van der Waals surface area contributed by atoms with Crippen molar-refractivity contribution in [2.24, 2.45) is 5.92 Å². The van der Waals surface area contributed by atoms with Crippen molar-refractivity contribution in [3.63, 3.8) is 0 Å². The summed E-state index contributed by atoms with van der Waals surface area (Å²) >= 11 is 0. The van der Waals surface area contributed by atoms with Crippen LogP contribution in [0.4, 0.5) is 13.2 Å². The molecule has 0 atom stereocenters. The first-order chi connectivity index (χ1) is 17.6. The molecule has 0 aliphatic heterocycles. The lowest BCUT2D eigenvalue weighted by atomic mass is 10.1. The number of fused-ring (bicyclic) bond motifs is 1. The minimum Gasteiger partial charge on any atom is -0.482 e. The van der Waals surface area contributed by atoms with Crippen LogP contribution in [0.2, 0.25) is 0 Å². The molecule has 0 amide bonds. The molecule has 0 saturated heterocycles. The van der Waals surface area contributed by atoms with Gasteiger partial charge in [0.2, 0.25) is 11.2 Å². The molecule has 192 valence electrons. The predicted octanol–water partition coefficient (Wildman–Crippen LogP) is 6.85. The third kappa shape index (κ3) is 6.30. The number of benzene rings is 3. The Labute approximate surface area is 210 Å². The van der Waals surface area contributed by atoms with Gasteiger partial charge in [0.1, 0.15) is 17.1 Å². The first kappa shape index (κ1) is 25.8. The van der Waals surface area contributed by atoms with Crippen molar-refractivity contribution in [1.29, 1.82) is 0 Å². The highest BCUT2D eigenvalue weighted by atomic mass is 19.4. The molecule has 0 spiro atoms. The van der Waals surface area contributed by atoms with Gasteiger partial charge in [0.05, 0.1) is 12.0 Å². The van der Waals surface area contributed by atoms with Gasteiger partial charge in [-0.05, 0) is 41.3 Å². The van der Waals surface area contributed by atoms with E-state index in [1.54, 1.807) is 12.1 Å². The molecule has 3 aromatic carbocycles. The van der Waals surface area contributed by atoms with Crippen LogP contribution >= 0.6 is 0 Å². The molecule has 0 unspecified atom stereocenters. The second kappa shape index (κ2) is 10.8. The largest absolute Gasteiger partial charge is 0.482 e. The van der Waals surface area contributed by atoms with Crippen molar-refractivity contribution in [2.45, 2.75) is 20.0 Å². The molecule has 6 nitrogen and oxygen atoms in total. The number of ether oxygens (including phenoxy) is 3. The molecule has 0 radical (unpaired) electrons. The second-order valence-corrected chi connectivity index (χ2v) is 8.60. The van der Waals surface area contributed by atoms with Gasteiger partial charge in [-0.3, -0.25) is 4.79 Å². The molecule has 1 heterocycles. The second-order valence-electron chi connectivity index (χ2n) is 8.60. The topological polar surface area (TPSA) is 75.0 Å². The molecule has 9 heteroatoms. The molecule has 0 fully saturated rings. The summed E-state index contributed by atoms with van der Waals surface area (Å²) in [6, 6.07) is 19.4. The Balaban J connectivity index is 1.62. The van der Waals surface area contributed by atoms with E-state index in [1.165, 1.54) is 24.3 Å². The summed E-state index contributed by atoms with van der Waals surface area (Å²) in [6.45, 7) is 3.50. The maximum absolute atomic E-state index is 13.8. The van der Waals surface area contributed by atoms with E-state index in [1.807, 2.05) is 44.2 Å². The zero-order valence-corrected chi connectivity index (χ0v) is 20.0. The van der Waals surface area contributed by atoms with Gasteiger partial charge >= 0.3 is 12.1 Å². The fourth-order valence-corrected chi connectivity index (χ4v) is 3.43. The Morgan fingerprint density at radius 3 is 2.22 bits per heavy atom.